The lowest BCUT2D eigenvalue weighted by Gasteiger charge is -2.42. The smallest absolute Gasteiger partial charge is 0.254 e. The zero-order valence-corrected chi connectivity index (χ0v) is 12.9. The zero-order valence-electron chi connectivity index (χ0n) is 11.4. The van der Waals surface area contributed by atoms with Gasteiger partial charge >= 0.3 is 0 Å². The first-order valence-corrected chi connectivity index (χ1v) is 7.15. The molecule has 1 aliphatic heterocycles. The van der Waals surface area contributed by atoms with Gasteiger partial charge in [-0.05, 0) is 55.0 Å². The van der Waals surface area contributed by atoms with Crippen molar-refractivity contribution in [1.29, 1.82) is 0 Å². The summed E-state index contributed by atoms with van der Waals surface area (Å²) in [4.78, 5) is 16.5. The van der Waals surface area contributed by atoms with E-state index in [2.05, 4.69) is 41.7 Å². The minimum atomic E-state index is -0.350. The summed E-state index contributed by atoms with van der Waals surface area (Å²) in [6.07, 6.45) is 0. The van der Waals surface area contributed by atoms with Crippen molar-refractivity contribution in [3.8, 4) is 0 Å². The Morgan fingerprint density at radius 2 is 1.89 bits per heavy atom. The third-order valence-corrected chi connectivity index (χ3v) is 4.42. The Hall–Kier alpha value is -0.940. The van der Waals surface area contributed by atoms with E-state index in [-0.39, 0.29) is 11.7 Å². The van der Waals surface area contributed by atoms with Crippen molar-refractivity contribution in [1.82, 2.24) is 9.80 Å². The lowest BCUT2D eigenvalue weighted by molar-refractivity contribution is 0.0414. The van der Waals surface area contributed by atoms with Crippen LogP contribution in [0.25, 0.3) is 0 Å². The van der Waals surface area contributed by atoms with E-state index in [1.54, 1.807) is 6.07 Å². The number of carbonyl (C=O) groups is 1. The minimum Gasteiger partial charge on any atom is -0.336 e. The van der Waals surface area contributed by atoms with E-state index in [4.69, 9.17) is 0 Å². The molecule has 2 rings (SSSR count). The highest BCUT2D eigenvalue weighted by atomic mass is 79.9. The molecule has 19 heavy (non-hydrogen) atoms. The highest BCUT2D eigenvalue weighted by Crippen LogP contribution is 2.20. The molecule has 1 fully saturated rings. The number of hydrogen-bond donors (Lipinski definition) is 0. The van der Waals surface area contributed by atoms with E-state index in [0.29, 0.717) is 35.2 Å². The molecule has 0 saturated carbocycles. The first-order chi connectivity index (χ1) is 8.90. The van der Waals surface area contributed by atoms with Gasteiger partial charge in [-0.1, -0.05) is 0 Å². The van der Waals surface area contributed by atoms with Gasteiger partial charge in [-0.2, -0.15) is 0 Å². The van der Waals surface area contributed by atoms with Crippen LogP contribution in [-0.4, -0.2) is 47.9 Å². The molecule has 1 saturated heterocycles. The van der Waals surface area contributed by atoms with Crippen LogP contribution >= 0.6 is 15.9 Å². The van der Waals surface area contributed by atoms with Crippen LogP contribution in [0.5, 0.6) is 0 Å². The molecule has 1 heterocycles. The first kappa shape index (κ1) is 14.5. The average Bonchev–Trinajstić information content (AvgIpc) is 2.37. The van der Waals surface area contributed by atoms with Gasteiger partial charge in [-0.3, -0.25) is 9.69 Å². The molecule has 5 heteroatoms. The van der Waals surface area contributed by atoms with Crippen molar-refractivity contribution in [3.05, 3.63) is 34.1 Å². The Kier molecular flexibility index (Phi) is 4.26. The van der Waals surface area contributed by atoms with E-state index in [9.17, 15) is 9.18 Å². The Bertz CT molecular complexity index is 482. The van der Waals surface area contributed by atoms with Gasteiger partial charge in [-0.25, -0.2) is 4.39 Å². The molecular weight excluding hydrogens is 311 g/mol. The fraction of sp³-hybridized carbons (Fsp3) is 0.500. The predicted molar refractivity (Wildman–Crippen MR) is 76.7 cm³/mol. The maximum atomic E-state index is 13.2. The molecule has 104 valence electrons. The Morgan fingerprint density at radius 3 is 2.42 bits per heavy atom. The summed E-state index contributed by atoms with van der Waals surface area (Å²) >= 11 is 3.12. The molecule has 0 aliphatic carbocycles. The van der Waals surface area contributed by atoms with Crippen molar-refractivity contribution in [2.45, 2.75) is 25.9 Å². The number of benzene rings is 1. The number of amides is 1. The third kappa shape index (κ3) is 2.98. The van der Waals surface area contributed by atoms with Crippen LogP contribution < -0.4 is 0 Å². The second kappa shape index (κ2) is 5.59. The summed E-state index contributed by atoms with van der Waals surface area (Å²) in [5, 5.41) is 0. The first-order valence-electron chi connectivity index (χ1n) is 6.36. The van der Waals surface area contributed by atoms with Gasteiger partial charge in [0.25, 0.3) is 5.91 Å². The third-order valence-electron chi connectivity index (χ3n) is 3.81. The van der Waals surface area contributed by atoms with Crippen molar-refractivity contribution in [3.63, 3.8) is 0 Å². The Morgan fingerprint density at radius 1 is 1.32 bits per heavy atom. The number of hydrogen-bond acceptors (Lipinski definition) is 2. The van der Waals surface area contributed by atoms with Gasteiger partial charge in [0, 0.05) is 30.7 Å². The van der Waals surface area contributed by atoms with Crippen LogP contribution in [0.15, 0.2) is 22.7 Å². The van der Waals surface area contributed by atoms with Crippen LogP contribution in [0.2, 0.25) is 0 Å². The van der Waals surface area contributed by atoms with E-state index < -0.39 is 0 Å². The van der Waals surface area contributed by atoms with Crippen LogP contribution in [-0.2, 0) is 0 Å². The van der Waals surface area contributed by atoms with E-state index >= 15 is 0 Å². The number of halogens is 2. The summed E-state index contributed by atoms with van der Waals surface area (Å²) < 4.78 is 13.5. The molecule has 0 aromatic heterocycles. The van der Waals surface area contributed by atoms with Crippen molar-refractivity contribution < 1.29 is 9.18 Å². The molecule has 1 aromatic carbocycles. The summed E-state index contributed by atoms with van der Waals surface area (Å²) in [5.41, 5.74) is 0.525. The maximum Gasteiger partial charge on any atom is 0.254 e. The average molecular weight is 329 g/mol. The van der Waals surface area contributed by atoms with Gasteiger partial charge in [-0.15, -0.1) is 0 Å². The highest BCUT2D eigenvalue weighted by molar-refractivity contribution is 9.10. The van der Waals surface area contributed by atoms with Gasteiger partial charge in [0.05, 0.1) is 4.47 Å². The summed E-state index contributed by atoms with van der Waals surface area (Å²) in [6, 6.07) is 5.06. The van der Waals surface area contributed by atoms with Crippen LogP contribution in [0.3, 0.4) is 0 Å². The highest BCUT2D eigenvalue weighted by Gasteiger charge is 2.29. The molecule has 1 amide bonds. The number of rotatable bonds is 1. The molecule has 0 radical (unpaired) electrons. The normalized spacial score (nSPS) is 24.6. The van der Waals surface area contributed by atoms with E-state index in [1.807, 2.05) is 4.90 Å². The van der Waals surface area contributed by atoms with Gasteiger partial charge in [0.2, 0.25) is 0 Å². The monoisotopic (exact) mass is 328 g/mol. The lowest BCUT2D eigenvalue weighted by atomic mass is 10.1. The Balaban J connectivity index is 2.17. The van der Waals surface area contributed by atoms with E-state index in [0.717, 1.165) is 0 Å². The minimum absolute atomic E-state index is 0.0347. The van der Waals surface area contributed by atoms with Crippen molar-refractivity contribution >= 4 is 21.8 Å². The fourth-order valence-corrected chi connectivity index (χ4v) is 2.76. The summed E-state index contributed by atoms with van der Waals surface area (Å²) in [5.74, 6) is -0.385. The molecule has 0 bridgehead atoms. The maximum absolute atomic E-state index is 13.2. The molecule has 3 nitrogen and oxygen atoms in total. The molecule has 0 spiro atoms. The SMILES string of the molecule is CC1CN(C(=O)c2ccc(F)c(Br)c2)CC(C)N1C. The molecule has 2 unspecified atom stereocenters. The van der Waals surface area contributed by atoms with Crippen molar-refractivity contribution in [2.24, 2.45) is 0 Å². The van der Waals surface area contributed by atoms with Gasteiger partial charge in [0.1, 0.15) is 5.82 Å². The second-order valence-electron chi connectivity index (χ2n) is 5.20. The quantitative estimate of drug-likeness (QED) is 0.791. The molecule has 2 atom stereocenters. The number of likely N-dealkylation sites (N-methyl/N-ethyl adjacent to an activating group) is 1. The second-order valence-corrected chi connectivity index (χ2v) is 6.06. The lowest BCUT2D eigenvalue weighted by Crippen LogP contribution is -2.56. The molecule has 0 N–H and O–H groups in total. The summed E-state index contributed by atoms with van der Waals surface area (Å²) in [6.45, 7) is 5.62. The molecule has 1 aromatic rings. The van der Waals surface area contributed by atoms with Crippen LogP contribution in [0.4, 0.5) is 4.39 Å². The zero-order chi connectivity index (χ0) is 14.2. The summed E-state index contributed by atoms with van der Waals surface area (Å²) in [7, 11) is 2.08. The Labute approximate surface area is 121 Å². The van der Waals surface area contributed by atoms with Crippen LogP contribution in [0, 0.1) is 5.82 Å². The standard InChI is InChI=1S/C14H18BrFN2O/c1-9-7-18(8-10(2)17(9)3)14(19)11-4-5-13(16)12(15)6-11/h4-6,9-10H,7-8H2,1-3H3. The van der Waals surface area contributed by atoms with Gasteiger partial charge in [0.15, 0.2) is 0 Å². The topological polar surface area (TPSA) is 23.6 Å². The number of piperazine rings is 1. The fourth-order valence-electron chi connectivity index (χ4n) is 2.38. The van der Waals surface area contributed by atoms with Crippen molar-refractivity contribution in [2.75, 3.05) is 20.1 Å². The molecular formula is C14H18BrFN2O. The van der Waals surface area contributed by atoms with Crippen LogP contribution in [0.1, 0.15) is 24.2 Å². The molecule has 1 aliphatic rings. The van der Waals surface area contributed by atoms with Gasteiger partial charge < -0.3 is 4.90 Å². The largest absolute Gasteiger partial charge is 0.336 e. The number of nitrogens with zero attached hydrogens (tertiary/aromatic N) is 2. The predicted octanol–water partition coefficient (Wildman–Crippen LogP) is 2.75. The van der Waals surface area contributed by atoms with E-state index in [1.165, 1.54) is 12.1 Å². The number of carbonyl (C=O) groups excluding carboxylic acids is 1.